The Kier molecular flexibility index (Phi) is 4.72. The average molecular weight is 290 g/mol. The zero-order valence-electron chi connectivity index (χ0n) is 13.0. The van der Waals surface area contributed by atoms with Crippen LogP contribution in [0.5, 0.6) is 0 Å². The van der Waals surface area contributed by atoms with Crippen molar-refractivity contribution in [3.8, 4) is 0 Å². The lowest BCUT2D eigenvalue weighted by molar-refractivity contribution is -0.125. The van der Waals surface area contributed by atoms with E-state index < -0.39 is 0 Å². The number of rotatable bonds is 6. The molecule has 0 fully saturated rings. The highest BCUT2D eigenvalue weighted by Gasteiger charge is 2.15. The molecule has 1 N–H and O–H groups in total. The van der Waals surface area contributed by atoms with Crippen molar-refractivity contribution in [1.29, 1.82) is 0 Å². The predicted molar refractivity (Wildman–Crippen MR) is 78.6 cm³/mol. The highest BCUT2D eigenvalue weighted by Crippen LogP contribution is 2.03. The number of nitrogens with zero attached hydrogens (tertiary/aromatic N) is 5. The Balaban J connectivity index is 1.80. The molecule has 2 aromatic heterocycles. The first kappa shape index (κ1) is 15.2. The fourth-order valence-corrected chi connectivity index (χ4v) is 2.17. The second-order valence-corrected chi connectivity index (χ2v) is 5.28. The van der Waals surface area contributed by atoms with E-state index in [0.29, 0.717) is 19.6 Å². The van der Waals surface area contributed by atoms with Gasteiger partial charge in [0.1, 0.15) is 11.6 Å². The van der Waals surface area contributed by atoms with E-state index >= 15 is 0 Å². The van der Waals surface area contributed by atoms with E-state index in [-0.39, 0.29) is 11.8 Å². The van der Waals surface area contributed by atoms with Gasteiger partial charge in [0.05, 0.1) is 19.0 Å². The van der Waals surface area contributed by atoms with Crippen molar-refractivity contribution in [2.45, 2.75) is 40.8 Å². The van der Waals surface area contributed by atoms with Gasteiger partial charge in [-0.1, -0.05) is 6.92 Å². The molecule has 0 aliphatic carbocycles. The van der Waals surface area contributed by atoms with E-state index in [1.807, 2.05) is 38.4 Å². The molecule has 114 valence electrons. The number of carbonyl (C=O) groups is 1. The van der Waals surface area contributed by atoms with Crippen LogP contribution in [0.25, 0.3) is 0 Å². The number of aryl methyl sites for hydroxylation is 3. The maximum Gasteiger partial charge on any atom is 0.224 e. The van der Waals surface area contributed by atoms with E-state index in [2.05, 4.69) is 20.5 Å². The van der Waals surface area contributed by atoms with Gasteiger partial charge in [-0.15, -0.1) is 0 Å². The number of amides is 1. The molecular weight excluding hydrogens is 268 g/mol. The summed E-state index contributed by atoms with van der Waals surface area (Å²) in [5, 5.41) is 11.4. The monoisotopic (exact) mass is 290 g/mol. The summed E-state index contributed by atoms with van der Waals surface area (Å²) in [6.07, 6.45) is 1.76. The SMILES string of the molecule is Cc1nc(C)n(CC(C)C(=O)NCCn2nccc2C)n1. The van der Waals surface area contributed by atoms with Crippen LogP contribution in [0, 0.1) is 26.7 Å². The maximum absolute atomic E-state index is 12.1. The lowest BCUT2D eigenvalue weighted by Gasteiger charge is -2.13. The lowest BCUT2D eigenvalue weighted by atomic mass is 10.1. The number of aromatic nitrogens is 5. The number of nitrogens with one attached hydrogen (secondary N) is 1. The Morgan fingerprint density at radius 2 is 2.10 bits per heavy atom. The standard InChI is InChI=1S/C14H22N6O/c1-10(9-20-13(4)17-12(3)18-20)14(21)15-7-8-19-11(2)5-6-16-19/h5-6,10H,7-9H2,1-4H3,(H,15,21). The van der Waals surface area contributed by atoms with Gasteiger partial charge in [-0.25, -0.2) is 9.67 Å². The van der Waals surface area contributed by atoms with Crippen molar-refractivity contribution in [1.82, 2.24) is 29.9 Å². The van der Waals surface area contributed by atoms with Gasteiger partial charge in [-0.2, -0.15) is 10.2 Å². The molecule has 0 aliphatic heterocycles. The molecule has 0 saturated carbocycles. The molecule has 0 aliphatic rings. The van der Waals surface area contributed by atoms with Crippen molar-refractivity contribution >= 4 is 5.91 Å². The third-order valence-electron chi connectivity index (χ3n) is 3.41. The van der Waals surface area contributed by atoms with Crippen LogP contribution in [0.15, 0.2) is 12.3 Å². The van der Waals surface area contributed by atoms with Crippen molar-refractivity contribution in [2.24, 2.45) is 5.92 Å². The minimum absolute atomic E-state index is 0.0207. The predicted octanol–water partition coefficient (Wildman–Crippen LogP) is 0.852. The van der Waals surface area contributed by atoms with E-state index in [4.69, 9.17) is 0 Å². The second kappa shape index (κ2) is 6.51. The van der Waals surface area contributed by atoms with Crippen LogP contribution in [0.2, 0.25) is 0 Å². The van der Waals surface area contributed by atoms with Crippen LogP contribution in [0.4, 0.5) is 0 Å². The molecule has 0 aromatic carbocycles. The average Bonchev–Trinajstić information content (AvgIpc) is 2.96. The zero-order valence-corrected chi connectivity index (χ0v) is 13.0. The van der Waals surface area contributed by atoms with Gasteiger partial charge in [-0.05, 0) is 26.8 Å². The van der Waals surface area contributed by atoms with Crippen LogP contribution in [-0.4, -0.2) is 37.0 Å². The quantitative estimate of drug-likeness (QED) is 0.855. The summed E-state index contributed by atoms with van der Waals surface area (Å²) in [5.74, 6) is 1.43. The molecule has 7 nitrogen and oxygen atoms in total. The third kappa shape index (κ3) is 3.90. The summed E-state index contributed by atoms with van der Waals surface area (Å²) >= 11 is 0. The highest BCUT2D eigenvalue weighted by atomic mass is 16.1. The van der Waals surface area contributed by atoms with Gasteiger partial charge in [0.25, 0.3) is 0 Å². The fraction of sp³-hybridized carbons (Fsp3) is 0.571. The van der Waals surface area contributed by atoms with E-state index in [1.54, 1.807) is 10.9 Å². The van der Waals surface area contributed by atoms with E-state index in [9.17, 15) is 4.79 Å². The van der Waals surface area contributed by atoms with Crippen LogP contribution < -0.4 is 5.32 Å². The Morgan fingerprint density at radius 1 is 1.33 bits per heavy atom. The molecule has 2 aromatic rings. The molecule has 1 amide bonds. The van der Waals surface area contributed by atoms with Crippen LogP contribution >= 0.6 is 0 Å². The molecule has 0 spiro atoms. The molecule has 2 heterocycles. The first-order chi connectivity index (χ1) is 9.97. The maximum atomic E-state index is 12.1. The minimum Gasteiger partial charge on any atom is -0.354 e. The summed E-state index contributed by atoms with van der Waals surface area (Å²) in [4.78, 5) is 16.3. The van der Waals surface area contributed by atoms with Gasteiger partial charge in [0, 0.05) is 18.4 Å². The summed E-state index contributed by atoms with van der Waals surface area (Å²) in [6, 6.07) is 1.94. The topological polar surface area (TPSA) is 77.6 Å². The Labute approximate surface area is 124 Å². The highest BCUT2D eigenvalue weighted by molar-refractivity contribution is 5.78. The molecule has 7 heteroatoms. The third-order valence-corrected chi connectivity index (χ3v) is 3.41. The van der Waals surface area contributed by atoms with Crippen LogP contribution in [-0.2, 0) is 17.9 Å². The fourth-order valence-electron chi connectivity index (χ4n) is 2.17. The molecule has 0 bridgehead atoms. The van der Waals surface area contributed by atoms with Gasteiger partial charge in [0.2, 0.25) is 5.91 Å². The smallest absolute Gasteiger partial charge is 0.224 e. The summed E-state index contributed by atoms with van der Waals surface area (Å²) in [7, 11) is 0. The van der Waals surface area contributed by atoms with Crippen molar-refractivity contribution < 1.29 is 4.79 Å². The normalized spacial score (nSPS) is 12.4. The Hall–Kier alpha value is -2.18. The van der Waals surface area contributed by atoms with Gasteiger partial charge < -0.3 is 5.32 Å². The van der Waals surface area contributed by atoms with Gasteiger partial charge in [0.15, 0.2) is 0 Å². The Morgan fingerprint density at radius 3 is 2.67 bits per heavy atom. The molecule has 1 atom stereocenters. The second-order valence-electron chi connectivity index (χ2n) is 5.28. The lowest BCUT2D eigenvalue weighted by Crippen LogP contribution is -2.34. The summed E-state index contributed by atoms with van der Waals surface area (Å²) in [5.41, 5.74) is 1.09. The van der Waals surface area contributed by atoms with Gasteiger partial charge >= 0.3 is 0 Å². The van der Waals surface area contributed by atoms with Crippen molar-refractivity contribution in [3.63, 3.8) is 0 Å². The number of hydrogen-bond acceptors (Lipinski definition) is 4. The van der Waals surface area contributed by atoms with Crippen molar-refractivity contribution in [2.75, 3.05) is 6.54 Å². The zero-order chi connectivity index (χ0) is 15.4. The first-order valence-electron chi connectivity index (χ1n) is 7.11. The molecule has 2 rings (SSSR count). The van der Waals surface area contributed by atoms with Gasteiger partial charge in [-0.3, -0.25) is 9.48 Å². The summed E-state index contributed by atoms with van der Waals surface area (Å²) < 4.78 is 3.65. The van der Waals surface area contributed by atoms with E-state index in [1.165, 1.54) is 0 Å². The van der Waals surface area contributed by atoms with Crippen LogP contribution in [0.1, 0.15) is 24.3 Å². The van der Waals surface area contributed by atoms with Crippen molar-refractivity contribution in [3.05, 3.63) is 29.6 Å². The Bertz CT molecular complexity index is 615. The molecular formula is C14H22N6O. The molecule has 0 saturated heterocycles. The number of carbonyl (C=O) groups excluding carboxylic acids is 1. The number of hydrogen-bond donors (Lipinski definition) is 1. The molecule has 0 radical (unpaired) electrons. The van der Waals surface area contributed by atoms with E-state index in [0.717, 1.165) is 17.3 Å². The molecule has 21 heavy (non-hydrogen) atoms. The van der Waals surface area contributed by atoms with Crippen LogP contribution in [0.3, 0.4) is 0 Å². The summed E-state index contributed by atoms with van der Waals surface area (Å²) in [6.45, 7) is 9.42. The minimum atomic E-state index is -0.150. The first-order valence-corrected chi connectivity index (χ1v) is 7.11. The largest absolute Gasteiger partial charge is 0.354 e. The molecule has 1 unspecified atom stereocenters.